The zero-order chi connectivity index (χ0) is 11.8. The van der Waals surface area contributed by atoms with E-state index in [-0.39, 0.29) is 11.4 Å². The van der Waals surface area contributed by atoms with Crippen molar-refractivity contribution in [2.45, 2.75) is 25.4 Å². The van der Waals surface area contributed by atoms with Crippen molar-refractivity contribution in [1.82, 2.24) is 14.9 Å². The maximum Gasteiger partial charge on any atom is 0.326 e. The first-order valence-electron chi connectivity index (χ1n) is 5.89. The minimum atomic E-state index is -0.157. The van der Waals surface area contributed by atoms with Crippen LogP contribution in [0.25, 0.3) is 11.0 Å². The maximum atomic E-state index is 11.8. The Labute approximate surface area is 98.1 Å². The second kappa shape index (κ2) is 3.92. The van der Waals surface area contributed by atoms with E-state index >= 15 is 0 Å². The van der Waals surface area contributed by atoms with Gasteiger partial charge in [0, 0.05) is 12.6 Å². The highest BCUT2D eigenvalue weighted by molar-refractivity contribution is 5.81. The second-order valence-corrected chi connectivity index (χ2v) is 4.51. The predicted molar refractivity (Wildman–Crippen MR) is 65.2 cm³/mol. The number of hydrogen-bond donors (Lipinski definition) is 3. The summed E-state index contributed by atoms with van der Waals surface area (Å²) in [5.74, 6) is 0.123. The van der Waals surface area contributed by atoms with Gasteiger partial charge >= 0.3 is 5.69 Å². The van der Waals surface area contributed by atoms with Gasteiger partial charge in [0.2, 0.25) is 0 Å². The summed E-state index contributed by atoms with van der Waals surface area (Å²) in [6, 6.07) is 5.54. The van der Waals surface area contributed by atoms with Crippen molar-refractivity contribution in [1.29, 1.82) is 0 Å². The van der Waals surface area contributed by atoms with Gasteiger partial charge in [-0.2, -0.15) is 0 Å². The van der Waals surface area contributed by atoms with Crippen LogP contribution in [-0.2, 0) is 6.54 Å². The number of aromatic nitrogens is 2. The molecule has 1 aromatic heterocycles. The summed E-state index contributed by atoms with van der Waals surface area (Å²) >= 11 is 0. The SMILES string of the molecule is O=c1[nH]c2c(O)cccc2n1CC1CCCN1. The quantitative estimate of drug-likeness (QED) is 0.718. The zero-order valence-electron chi connectivity index (χ0n) is 9.44. The van der Waals surface area contributed by atoms with Crippen LogP contribution in [0.4, 0.5) is 0 Å². The number of phenols is 1. The molecule has 1 fully saturated rings. The van der Waals surface area contributed by atoms with E-state index in [0.29, 0.717) is 18.1 Å². The molecular weight excluding hydrogens is 218 g/mol. The monoisotopic (exact) mass is 233 g/mol. The minimum Gasteiger partial charge on any atom is -0.506 e. The smallest absolute Gasteiger partial charge is 0.326 e. The molecule has 5 heteroatoms. The van der Waals surface area contributed by atoms with Crippen LogP contribution in [0.2, 0.25) is 0 Å². The van der Waals surface area contributed by atoms with Crippen molar-refractivity contribution in [3.63, 3.8) is 0 Å². The van der Waals surface area contributed by atoms with Gasteiger partial charge in [0.05, 0.1) is 5.52 Å². The van der Waals surface area contributed by atoms with Gasteiger partial charge in [0.1, 0.15) is 11.3 Å². The Balaban J connectivity index is 2.06. The number of aromatic hydroxyl groups is 1. The number of nitrogens with one attached hydrogen (secondary N) is 2. The maximum absolute atomic E-state index is 11.8. The molecule has 5 nitrogen and oxygen atoms in total. The molecule has 0 amide bonds. The third-order valence-electron chi connectivity index (χ3n) is 3.35. The molecule has 0 bridgehead atoms. The van der Waals surface area contributed by atoms with Gasteiger partial charge in [0.25, 0.3) is 0 Å². The molecule has 1 aliphatic rings. The topological polar surface area (TPSA) is 70.0 Å². The van der Waals surface area contributed by atoms with E-state index in [9.17, 15) is 9.90 Å². The molecule has 90 valence electrons. The number of aromatic amines is 1. The van der Waals surface area contributed by atoms with Gasteiger partial charge < -0.3 is 15.4 Å². The number of rotatable bonds is 2. The summed E-state index contributed by atoms with van der Waals surface area (Å²) in [7, 11) is 0. The minimum absolute atomic E-state index is 0.123. The lowest BCUT2D eigenvalue weighted by atomic mass is 10.2. The first-order chi connectivity index (χ1) is 8.25. The molecule has 3 N–H and O–H groups in total. The van der Waals surface area contributed by atoms with Crippen molar-refractivity contribution < 1.29 is 5.11 Å². The third kappa shape index (κ3) is 1.72. The average Bonchev–Trinajstić information content (AvgIpc) is 2.91. The summed E-state index contributed by atoms with van der Waals surface area (Å²) < 4.78 is 1.69. The molecule has 1 unspecified atom stereocenters. The largest absolute Gasteiger partial charge is 0.506 e. The lowest BCUT2D eigenvalue weighted by Gasteiger charge is -2.10. The molecule has 2 heterocycles. The van der Waals surface area contributed by atoms with E-state index < -0.39 is 0 Å². The Morgan fingerprint density at radius 2 is 2.35 bits per heavy atom. The van der Waals surface area contributed by atoms with E-state index in [0.717, 1.165) is 24.9 Å². The number of nitrogens with zero attached hydrogens (tertiary/aromatic N) is 1. The fourth-order valence-electron chi connectivity index (χ4n) is 2.48. The van der Waals surface area contributed by atoms with Crippen LogP contribution in [0, 0.1) is 0 Å². The number of imidazole rings is 1. The fourth-order valence-corrected chi connectivity index (χ4v) is 2.48. The van der Waals surface area contributed by atoms with Crippen molar-refractivity contribution in [2.75, 3.05) is 6.54 Å². The van der Waals surface area contributed by atoms with Gasteiger partial charge in [-0.25, -0.2) is 4.79 Å². The summed E-state index contributed by atoms with van der Waals surface area (Å²) in [6.07, 6.45) is 2.25. The summed E-state index contributed by atoms with van der Waals surface area (Å²) in [5.41, 5.74) is 1.13. The Hall–Kier alpha value is -1.75. The van der Waals surface area contributed by atoms with Crippen LogP contribution in [-0.4, -0.2) is 27.2 Å². The highest BCUT2D eigenvalue weighted by Crippen LogP contribution is 2.21. The highest BCUT2D eigenvalue weighted by atomic mass is 16.3. The second-order valence-electron chi connectivity index (χ2n) is 4.51. The molecule has 2 aromatic rings. The zero-order valence-corrected chi connectivity index (χ0v) is 9.44. The standard InChI is InChI=1S/C12H15N3O2/c16-10-5-1-4-9-11(10)14-12(17)15(9)7-8-3-2-6-13-8/h1,4-5,8,13,16H,2-3,6-7H2,(H,14,17). The first-order valence-corrected chi connectivity index (χ1v) is 5.89. The number of para-hydroxylation sites is 1. The van der Waals surface area contributed by atoms with Gasteiger partial charge in [-0.3, -0.25) is 4.57 Å². The summed E-state index contributed by atoms with van der Waals surface area (Å²) in [4.78, 5) is 14.5. The van der Waals surface area contributed by atoms with Crippen LogP contribution in [0.5, 0.6) is 5.75 Å². The van der Waals surface area contributed by atoms with Crippen LogP contribution in [0.3, 0.4) is 0 Å². The molecule has 0 aliphatic carbocycles. The summed E-state index contributed by atoms with van der Waals surface area (Å²) in [5, 5.41) is 13.0. The molecule has 1 saturated heterocycles. The van der Waals surface area contributed by atoms with E-state index in [1.54, 1.807) is 16.7 Å². The Morgan fingerprint density at radius 3 is 3.12 bits per heavy atom. The molecule has 17 heavy (non-hydrogen) atoms. The number of H-pyrrole nitrogens is 1. The van der Waals surface area contributed by atoms with E-state index in [2.05, 4.69) is 10.3 Å². The lowest BCUT2D eigenvalue weighted by Crippen LogP contribution is -2.31. The molecule has 3 rings (SSSR count). The van der Waals surface area contributed by atoms with Crippen molar-refractivity contribution in [3.8, 4) is 5.75 Å². The van der Waals surface area contributed by atoms with Gasteiger partial charge in [-0.1, -0.05) is 6.07 Å². The number of fused-ring (bicyclic) bond motifs is 1. The van der Waals surface area contributed by atoms with Crippen LogP contribution < -0.4 is 11.0 Å². The van der Waals surface area contributed by atoms with Crippen LogP contribution in [0.15, 0.2) is 23.0 Å². The van der Waals surface area contributed by atoms with Gasteiger partial charge in [-0.05, 0) is 31.5 Å². The predicted octanol–water partition coefficient (Wildman–Crippen LogP) is 0.787. The fraction of sp³-hybridized carbons (Fsp3) is 0.417. The molecule has 0 saturated carbocycles. The first kappa shape index (κ1) is 10.4. The molecule has 0 radical (unpaired) electrons. The molecular formula is C12H15N3O2. The van der Waals surface area contributed by atoms with Crippen molar-refractivity contribution in [2.24, 2.45) is 0 Å². The van der Waals surface area contributed by atoms with Crippen molar-refractivity contribution >= 4 is 11.0 Å². The average molecular weight is 233 g/mol. The lowest BCUT2D eigenvalue weighted by molar-refractivity contribution is 0.480. The number of benzene rings is 1. The molecule has 1 atom stereocenters. The Morgan fingerprint density at radius 1 is 1.47 bits per heavy atom. The van der Waals surface area contributed by atoms with Crippen LogP contribution >= 0.6 is 0 Å². The number of phenolic OH excluding ortho intramolecular Hbond substituents is 1. The van der Waals surface area contributed by atoms with E-state index in [1.165, 1.54) is 0 Å². The Bertz CT molecular complexity index is 593. The molecule has 1 aromatic carbocycles. The Kier molecular flexibility index (Phi) is 2.40. The van der Waals surface area contributed by atoms with Crippen molar-refractivity contribution in [3.05, 3.63) is 28.7 Å². The molecule has 1 aliphatic heterocycles. The third-order valence-corrected chi connectivity index (χ3v) is 3.35. The van der Waals surface area contributed by atoms with E-state index in [1.807, 2.05) is 6.07 Å². The highest BCUT2D eigenvalue weighted by Gasteiger charge is 2.17. The van der Waals surface area contributed by atoms with Crippen LogP contribution in [0.1, 0.15) is 12.8 Å². The number of hydrogen-bond acceptors (Lipinski definition) is 3. The normalized spacial score (nSPS) is 20.1. The van der Waals surface area contributed by atoms with Gasteiger partial charge in [0.15, 0.2) is 0 Å². The summed E-state index contributed by atoms with van der Waals surface area (Å²) in [6.45, 7) is 1.68. The van der Waals surface area contributed by atoms with E-state index in [4.69, 9.17) is 0 Å². The van der Waals surface area contributed by atoms with Gasteiger partial charge in [-0.15, -0.1) is 0 Å². The molecule has 0 spiro atoms.